The van der Waals surface area contributed by atoms with E-state index in [1.807, 2.05) is 0 Å². The van der Waals surface area contributed by atoms with Crippen molar-refractivity contribution in [2.45, 2.75) is 30.2 Å². The van der Waals surface area contributed by atoms with Crippen LogP contribution in [-0.4, -0.2) is 61.6 Å². The Kier molecular flexibility index (Phi) is 5.88. The maximum atomic E-state index is 12.9. The molecular formula is C17H22N4O5S. The molecule has 1 N–H and O–H groups in total. The minimum absolute atomic E-state index is 0.110. The van der Waals surface area contributed by atoms with Crippen LogP contribution in [0.1, 0.15) is 24.1 Å². The minimum atomic E-state index is -3.66. The highest BCUT2D eigenvalue weighted by Crippen LogP contribution is 2.30. The number of methoxy groups -OCH3 is 1. The Morgan fingerprint density at radius 1 is 1.37 bits per heavy atom. The second-order valence-corrected chi connectivity index (χ2v) is 8.30. The van der Waals surface area contributed by atoms with Crippen molar-refractivity contribution < 1.29 is 22.5 Å². The van der Waals surface area contributed by atoms with Crippen LogP contribution in [0.25, 0.3) is 0 Å². The molecule has 3 rings (SSSR count). The van der Waals surface area contributed by atoms with E-state index in [1.165, 1.54) is 11.4 Å². The van der Waals surface area contributed by atoms with Crippen molar-refractivity contribution in [3.63, 3.8) is 0 Å². The van der Waals surface area contributed by atoms with Crippen LogP contribution in [0.15, 0.2) is 39.8 Å². The van der Waals surface area contributed by atoms with E-state index in [2.05, 4.69) is 15.5 Å². The van der Waals surface area contributed by atoms with Gasteiger partial charge in [-0.25, -0.2) is 8.42 Å². The third-order valence-electron chi connectivity index (χ3n) is 4.44. The molecule has 0 spiro atoms. The Labute approximate surface area is 157 Å². The van der Waals surface area contributed by atoms with Gasteiger partial charge in [0.1, 0.15) is 6.61 Å². The van der Waals surface area contributed by atoms with Gasteiger partial charge in [0, 0.05) is 20.2 Å². The molecule has 0 radical (unpaired) electrons. The molecule has 1 aromatic heterocycles. The summed E-state index contributed by atoms with van der Waals surface area (Å²) < 4.78 is 37.4. The zero-order valence-corrected chi connectivity index (χ0v) is 16.0. The van der Waals surface area contributed by atoms with Crippen LogP contribution in [0.3, 0.4) is 0 Å². The fraction of sp³-hybridized carbons (Fsp3) is 0.471. The number of carbonyl (C=O) groups excluding carboxylic acids is 1. The second-order valence-electron chi connectivity index (χ2n) is 6.36. The van der Waals surface area contributed by atoms with Crippen LogP contribution in [0.4, 0.5) is 0 Å². The fourth-order valence-corrected chi connectivity index (χ4v) is 4.67. The average Bonchev–Trinajstić information content (AvgIpc) is 3.08. The number of nitrogens with zero attached hydrogens (tertiary/aromatic N) is 3. The van der Waals surface area contributed by atoms with Gasteiger partial charge in [-0.2, -0.15) is 9.29 Å². The van der Waals surface area contributed by atoms with E-state index in [1.54, 1.807) is 37.3 Å². The van der Waals surface area contributed by atoms with Gasteiger partial charge in [-0.1, -0.05) is 23.4 Å². The molecule has 10 heteroatoms. The Balaban J connectivity index is 1.84. The van der Waals surface area contributed by atoms with Gasteiger partial charge in [0.25, 0.3) is 0 Å². The zero-order chi connectivity index (χ0) is 19.4. The largest absolute Gasteiger partial charge is 0.375 e. The first kappa shape index (κ1) is 19.5. The summed E-state index contributed by atoms with van der Waals surface area (Å²) in [6.45, 7) is 2.00. The number of rotatable bonds is 6. The molecular weight excluding hydrogens is 372 g/mol. The molecule has 1 amide bonds. The van der Waals surface area contributed by atoms with Crippen molar-refractivity contribution in [1.29, 1.82) is 0 Å². The highest BCUT2D eigenvalue weighted by Gasteiger charge is 2.39. The SMILES string of the molecule is COCC(=O)N[C@@H]1CN(S(=O)(=O)c2ccccc2)CC[C@@H]1c1nc(C)no1. The number of ether oxygens (including phenoxy) is 1. The molecule has 27 heavy (non-hydrogen) atoms. The lowest BCUT2D eigenvalue weighted by Gasteiger charge is -2.36. The van der Waals surface area contributed by atoms with Crippen molar-refractivity contribution in [1.82, 2.24) is 19.8 Å². The lowest BCUT2D eigenvalue weighted by atomic mass is 9.92. The molecule has 0 bridgehead atoms. The van der Waals surface area contributed by atoms with Gasteiger partial charge in [0.2, 0.25) is 21.8 Å². The predicted molar refractivity (Wildman–Crippen MR) is 95.4 cm³/mol. The van der Waals surface area contributed by atoms with Crippen LogP contribution >= 0.6 is 0 Å². The zero-order valence-electron chi connectivity index (χ0n) is 15.2. The maximum Gasteiger partial charge on any atom is 0.246 e. The number of aromatic nitrogens is 2. The molecule has 0 aliphatic carbocycles. The third-order valence-corrected chi connectivity index (χ3v) is 6.32. The van der Waals surface area contributed by atoms with Gasteiger partial charge in [0.05, 0.1) is 16.9 Å². The summed E-state index contributed by atoms with van der Waals surface area (Å²) in [5, 5.41) is 6.64. The molecule has 0 saturated carbocycles. The van der Waals surface area contributed by atoms with Crippen LogP contribution < -0.4 is 5.32 Å². The van der Waals surface area contributed by atoms with E-state index < -0.39 is 16.1 Å². The number of piperidine rings is 1. The van der Waals surface area contributed by atoms with Crippen molar-refractivity contribution >= 4 is 15.9 Å². The predicted octanol–water partition coefficient (Wildman–Crippen LogP) is 0.687. The van der Waals surface area contributed by atoms with Crippen molar-refractivity contribution in [2.75, 3.05) is 26.8 Å². The Morgan fingerprint density at radius 3 is 2.74 bits per heavy atom. The summed E-state index contributed by atoms with van der Waals surface area (Å²) in [4.78, 5) is 16.5. The van der Waals surface area contributed by atoms with E-state index in [0.29, 0.717) is 24.7 Å². The van der Waals surface area contributed by atoms with E-state index in [-0.39, 0.29) is 29.9 Å². The summed E-state index contributed by atoms with van der Waals surface area (Å²) in [7, 11) is -2.24. The second kappa shape index (κ2) is 8.15. The van der Waals surface area contributed by atoms with Crippen LogP contribution in [0.2, 0.25) is 0 Å². The van der Waals surface area contributed by atoms with Crippen molar-refractivity contribution in [3.8, 4) is 0 Å². The molecule has 1 saturated heterocycles. The van der Waals surface area contributed by atoms with Crippen LogP contribution in [-0.2, 0) is 19.6 Å². The number of carbonyl (C=O) groups is 1. The Bertz CT molecular complexity index is 884. The van der Waals surface area contributed by atoms with Gasteiger partial charge in [-0.3, -0.25) is 4.79 Å². The monoisotopic (exact) mass is 394 g/mol. The van der Waals surface area contributed by atoms with Gasteiger partial charge < -0.3 is 14.6 Å². The molecule has 146 valence electrons. The number of benzene rings is 1. The number of amides is 1. The van der Waals surface area contributed by atoms with Gasteiger partial charge in [-0.05, 0) is 25.5 Å². The molecule has 2 aromatic rings. The van der Waals surface area contributed by atoms with Crippen LogP contribution in [0, 0.1) is 6.92 Å². The molecule has 2 heterocycles. The Morgan fingerprint density at radius 2 is 2.11 bits per heavy atom. The fourth-order valence-electron chi connectivity index (χ4n) is 3.17. The number of hydrogen-bond acceptors (Lipinski definition) is 7. The quantitative estimate of drug-likeness (QED) is 0.766. The normalized spacial score (nSPS) is 21.1. The number of aryl methyl sites for hydroxylation is 1. The van der Waals surface area contributed by atoms with E-state index in [9.17, 15) is 13.2 Å². The molecule has 0 unspecified atom stereocenters. The smallest absolute Gasteiger partial charge is 0.246 e. The summed E-state index contributed by atoms with van der Waals surface area (Å²) in [6, 6.07) is 7.73. The van der Waals surface area contributed by atoms with Crippen molar-refractivity contribution in [2.24, 2.45) is 0 Å². The summed E-state index contributed by atoms with van der Waals surface area (Å²) in [5.41, 5.74) is 0. The van der Waals surface area contributed by atoms with Gasteiger partial charge in [0.15, 0.2) is 5.82 Å². The van der Waals surface area contributed by atoms with Crippen LogP contribution in [0.5, 0.6) is 0 Å². The number of nitrogens with one attached hydrogen (secondary N) is 1. The third kappa shape index (κ3) is 4.34. The van der Waals surface area contributed by atoms with Gasteiger partial charge >= 0.3 is 0 Å². The van der Waals surface area contributed by atoms with Crippen molar-refractivity contribution in [3.05, 3.63) is 42.0 Å². The topological polar surface area (TPSA) is 115 Å². The first-order valence-electron chi connectivity index (χ1n) is 8.55. The van der Waals surface area contributed by atoms with E-state index in [0.717, 1.165) is 0 Å². The molecule has 2 atom stereocenters. The Hall–Kier alpha value is -2.30. The lowest BCUT2D eigenvalue weighted by Crippen LogP contribution is -2.53. The van der Waals surface area contributed by atoms with E-state index in [4.69, 9.17) is 9.26 Å². The first-order valence-corrected chi connectivity index (χ1v) is 9.99. The molecule has 9 nitrogen and oxygen atoms in total. The molecule has 1 aliphatic rings. The highest BCUT2D eigenvalue weighted by molar-refractivity contribution is 7.89. The summed E-state index contributed by atoms with van der Waals surface area (Å²) >= 11 is 0. The number of sulfonamides is 1. The first-order chi connectivity index (χ1) is 12.9. The number of hydrogen-bond donors (Lipinski definition) is 1. The molecule has 1 aromatic carbocycles. The summed E-state index contributed by atoms with van der Waals surface area (Å²) in [6.07, 6.45) is 0.450. The summed E-state index contributed by atoms with van der Waals surface area (Å²) in [5.74, 6) is 0.287. The maximum absolute atomic E-state index is 12.9. The van der Waals surface area contributed by atoms with Gasteiger partial charge in [-0.15, -0.1) is 0 Å². The standard InChI is InChI=1S/C17H22N4O5S/c1-12-18-17(26-20-12)14-8-9-21(10-15(14)19-16(22)11-25-2)27(23,24)13-6-4-3-5-7-13/h3-7,14-15H,8-11H2,1-2H3,(H,19,22)/t14-,15+/m0/s1. The highest BCUT2D eigenvalue weighted by atomic mass is 32.2. The van der Waals surface area contributed by atoms with E-state index >= 15 is 0 Å². The average molecular weight is 394 g/mol. The minimum Gasteiger partial charge on any atom is -0.375 e. The molecule has 1 fully saturated rings. The lowest BCUT2D eigenvalue weighted by molar-refractivity contribution is -0.125. The molecule has 1 aliphatic heterocycles.